The molecule has 33 heavy (non-hydrogen) atoms. The second-order valence-corrected chi connectivity index (χ2v) is 15.9. The molecule has 0 saturated carbocycles. The molecule has 1 aromatic heterocycles. The highest BCUT2D eigenvalue weighted by molar-refractivity contribution is 9.10. The van der Waals surface area contributed by atoms with Crippen molar-refractivity contribution >= 4 is 41.7 Å². The summed E-state index contributed by atoms with van der Waals surface area (Å²) < 4.78 is 27.5. The number of nitrogens with zero attached hydrogens (tertiary/aromatic N) is 2. The molecule has 0 spiro atoms. The third-order valence-corrected chi connectivity index (χ3v) is 13.9. The van der Waals surface area contributed by atoms with E-state index in [9.17, 15) is 10.1 Å². The number of hydrogen-bond donors (Lipinski definition) is 0. The van der Waals surface area contributed by atoms with E-state index < -0.39 is 24.1 Å². The minimum atomic E-state index is -2.42. The van der Waals surface area contributed by atoms with Crippen molar-refractivity contribution in [3.8, 4) is 5.75 Å². The van der Waals surface area contributed by atoms with E-state index in [2.05, 4.69) is 62.5 Å². The van der Waals surface area contributed by atoms with E-state index in [1.54, 1.807) is 13.2 Å². The molecule has 1 heterocycles. The zero-order chi connectivity index (χ0) is 25.1. The molecule has 0 N–H and O–H groups in total. The van der Waals surface area contributed by atoms with Gasteiger partial charge in [-0.1, -0.05) is 53.7 Å². The van der Waals surface area contributed by atoms with Gasteiger partial charge >= 0.3 is 5.82 Å². The predicted octanol–water partition coefficient (Wildman–Crippen LogP) is 7.40. The molecule has 0 amide bonds. The van der Waals surface area contributed by atoms with Gasteiger partial charge in [-0.15, -0.1) is 0 Å². The maximum absolute atomic E-state index is 15.1. The lowest BCUT2D eigenvalue weighted by Gasteiger charge is -2.50. The fourth-order valence-electron chi connectivity index (χ4n) is 5.39. The number of hydrogen-bond acceptors (Lipinski definition) is 5. The fourth-order valence-corrected chi connectivity index (χ4v) is 12.1. The standard InChI is InChI=1S/C23H31BrClFN2O4Si/c1-14(2)33(31-7,15(3)4)23(5,6)17-9-8-10-19(26)16(17)11-12-32-20-13-18(24)21(25)27-22(20)28(29)30/h8-10,13-15H,11-12H2,1-7H3. The van der Waals surface area contributed by atoms with Crippen molar-refractivity contribution in [2.75, 3.05) is 13.7 Å². The largest absolute Gasteiger partial charge is 0.485 e. The molecule has 0 saturated heterocycles. The quantitative estimate of drug-likeness (QED) is 0.131. The normalized spacial score (nSPS) is 12.5. The minimum Gasteiger partial charge on any atom is -0.485 e. The highest BCUT2D eigenvalue weighted by Crippen LogP contribution is 2.48. The lowest BCUT2D eigenvalue weighted by molar-refractivity contribution is -0.390. The highest BCUT2D eigenvalue weighted by Gasteiger charge is 2.54. The van der Waals surface area contributed by atoms with Crippen LogP contribution in [0.3, 0.4) is 0 Å². The molecule has 1 aromatic carbocycles. The van der Waals surface area contributed by atoms with Crippen molar-refractivity contribution in [3.05, 3.63) is 60.9 Å². The number of rotatable bonds is 10. The van der Waals surface area contributed by atoms with Gasteiger partial charge in [0.2, 0.25) is 14.1 Å². The third-order valence-electron chi connectivity index (χ3n) is 6.48. The van der Waals surface area contributed by atoms with Crippen molar-refractivity contribution in [2.24, 2.45) is 0 Å². The Balaban J connectivity index is 2.44. The van der Waals surface area contributed by atoms with Crippen molar-refractivity contribution in [3.63, 3.8) is 0 Å². The van der Waals surface area contributed by atoms with Crippen molar-refractivity contribution < 1.29 is 18.5 Å². The molecule has 0 fully saturated rings. The highest BCUT2D eigenvalue weighted by atomic mass is 79.9. The van der Waals surface area contributed by atoms with Crippen LogP contribution < -0.4 is 4.74 Å². The van der Waals surface area contributed by atoms with E-state index in [4.69, 9.17) is 20.8 Å². The third kappa shape index (κ3) is 5.26. The molecule has 0 radical (unpaired) electrons. The van der Waals surface area contributed by atoms with Crippen molar-refractivity contribution in [1.82, 2.24) is 4.98 Å². The van der Waals surface area contributed by atoms with Gasteiger partial charge in [0.15, 0.2) is 0 Å². The van der Waals surface area contributed by atoms with Crippen LogP contribution in [0.1, 0.15) is 52.7 Å². The number of aromatic nitrogens is 1. The summed E-state index contributed by atoms with van der Waals surface area (Å²) in [4.78, 5) is 14.5. The second-order valence-electron chi connectivity index (χ2n) is 9.14. The Bertz CT molecular complexity index is 1010. The Hall–Kier alpha value is -1.55. The molecule has 2 aromatic rings. The molecule has 6 nitrogen and oxygen atoms in total. The summed E-state index contributed by atoms with van der Waals surface area (Å²) >= 11 is 9.09. The van der Waals surface area contributed by atoms with Crippen molar-refractivity contribution in [2.45, 2.75) is 64.1 Å². The van der Waals surface area contributed by atoms with Gasteiger partial charge in [-0.3, -0.25) is 0 Å². The summed E-state index contributed by atoms with van der Waals surface area (Å²) in [6, 6.07) is 6.50. The number of pyridine rings is 1. The first-order valence-corrected chi connectivity index (χ1v) is 14.0. The van der Waals surface area contributed by atoms with Crippen LogP contribution in [-0.4, -0.2) is 31.9 Å². The molecule has 0 unspecified atom stereocenters. The van der Waals surface area contributed by atoms with Crippen LogP contribution >= 0.6 is 27.5 Å². The molecule has 182 valence electrons. The zero-order valence-corrected chi connectivity index (χ0v) is 23.4. The summed E-state index contributed by atoms with van der Waals surface area (Å²) in [6.45, 7) is 13.0. The average molecular weight is 562 g/mol. The van der Waals surface area contributed by atoms with Crippen LogP contribution in [0.15, 0.2) is 28.7 Å². The Kier molecular flexibility index (Phi) is 9.06. The minimum absolute atomic E-state index is 0.0293. The first-order chi connectivity index (χ1) is 15.3. The summed E-state index contributed by atoms with van der Waals surface area (Å²) in [5, 5.41) is 10.9. The van der Waals surface area contributed by atoms with Crippen LogP contribution in [0.2, 0.25) is 16.2 Å². The van der Waals surface area contributed by atoms with E-state index in [-0.39, 0.29) is 29.7 Å². The van der Waals surface area contributed by atoms with Gasteiger partial charge < -0.3 is 19.3 Å². The Morgan fingerprint density at radius 2 is 1.88 bits per heavy atom. The molecular formula is C23H31BrClFN2O4Si. The average Bonchev–Trinajstić information content (AvgIpc) is 2.71. The fraction of sp³-hybridized carbons (Fsp3) is 0.522. The van der Waals surface area contributed by atoms with Gasteiger partial charge in [0.1, 0.15) is 5.82 Å². The molecule has 10 heteroatoms. The number of benzene rings is 1. The number of halogens is 3. The Labute approximate surface area is 209 Å². The maximum Gasteiger partial charge on any atom is 0.407 e. The van der Waals surface area contributed by atoms with Crippen LogP contribution in [0.25, 0.3) is 0 Å². The SMILES string of the molecule is CO[Si](C(C)C)(C(C)C)C(C)(C)c1cccc(F)c1CCOc1cc(Br)c(Cl)nc1[N+](=O)[O-]. The zero-order valence-electron chi connectivity index (χ0n) is 20.0. The molecule has 0 bridgehead atoms. The smallest absolute Gasteiger partial charge is 0.407 e. The topological polar surface area (TPSA) is 74.5 Å². The van der Waals surface area contributed by atoms with Crippen molar-refractivity contribution in [1.29, 1.82) is 0 Å². The first-order valence-electron chi connectivity index (χ1n) is 10.8. The van der Waals surface area contributed by atoms with E-state index in [1.807, 2.05) is 6.07 Å². The van der Waals surface area contributed by atoms with Crippen LogP contribution in [0.5, 0.6) is 5.75 Å². The van der Waals surface area contributed by atoms with Gasteiger partial charge in [-0.05, 0) is 65.7 Å². The van der Waals surface area contributed by atoms with Gasteiger partial charge in [-0.25, -0.2) is 4.39 Å². The van der Waals surface area contributed by atoms with E-state index in [0.29, 0.717) is 21.1 Å². The van der Waals surface area contributed by atoms with Gasteiger partial charge in [0.05, 0.1) is 11.1 Å². The first kappa shape index (κ1) is 27.7. The number of nitro groups is 1. The second kappa shape index (κ2) is 10.8. The number of ether oxygens (including phenoxy) is 1. The Morgan fingerprint density at radius 1 is 1.27 bits per heavy atom. The van der Waals surface area contributed by atoms with E-state index in [0.717, 1.165) is 5.56 Å². The van der Waals surface area contributed by atoms with Crippen LogP contribution in [0, 0.1) is 15.9 Å². The van der Waals surface area contributed by atoms with E-state index >= 15 is 4.39 Å². The summed E-state index contributed by atoms with van der Waals surface area (Å²) in [5.41, 5.74) is 2.00. The van der Waals surface area contributed by atoms with Crippen LogP contribution in [-0.2, 0) is 15.9 Å². The van der Waals surface area contributed by atoms with Crippen LogP contribution in [0.4, 0.5) is 10.2 Å². The monoisotopic (exact) mass is 560 g/mol. The molecule has 0 aliphatic heterocycles. The molecule has 0 atom stereocenters. The lowest BCUT2D eigenvalue weighted by Crippen LogP contribution is -2.59. The maximum atomic E-state index is 15.1. The summed E-state index contributed by atoms with van der Waals surface area (Å²) in [7, 11) is -0.651. The van der Waals surface area contributed by atoms with Gasteiger partial charge in [0.25, 0.3) is 5.15 Å². The molecule has 0 aliphatic carbocycles. The molecule has 2 rings (SSSR count). The predicted molar refractivity (Wildman–Crippen MR) is 135 cm³/mol. The molecular weight excluding hydrogens is 531 g/mol. The Morgan fingerprint density at radius 3 is 2.39 bits per heavy atom. The lowest BCUT2D eigenvalue weighted by atomic mass is 9.94. The van der Waals surface area contributed by atoms with E-state index in [1.165, 1.54) is 12.1 Å². The molecule has 0 aliphatic rings. The van der Waals surface area contributed by atoms with Gasteiger partial charge in [0, 0.05) is 24.6 Å². The summed E-state index contributed by atoms with van der Waals surface area (Å²) in [5.74, 6) is -0.846. The summed E-state index contributed by atoms with van der Waals surface area (Å²) in [6.07, 6.45) is 0.229. The van der Waals surface area contributed by atoms with Gasteiger partial charge in [-0.2, -0.15) is 0 Å².